The molecule has 1 N–H and O–H groups in total. The predicted molar refractivity (Wildman–Crippen MR) is 124 cm³/mol. The van der Waals surface area contributed by atoms with Gasteiger partial charge in [-0.3, -0.25) is 10.3 Å². The number of ether oxygens (including phenoxy) is 1. The molecule has 2 heterocycles. The predicted octanol–water partition coefficient (Wildman–Crippen LogP) is 5.69. The Bertz CT molecular complexity index is 980. The maximum atomic E-state index is 12.9. The monoisotopic (exact) mass is 418 g/mol. The molecule has 3 atom stereocenters. The second-order valence-electron chi connectivity index (χ2n) is 8.66. The molecular weight excluding hydrogens is 388 g/mol. The molecule has 6 heteroatoms. The summed E-state index contributed by atoms with van der Waals surface area (Å²) in [6, 6.07) is 11.8. The number of aryl methyl sites for hydroxylation is 2. The lowest BCUT2D eigenvalue weighted by molar-refractivity contribution is 0.0676. The standard InChI is InChI=1S/C25H30N4O2/c1-16-13-17(2)15-19(14-16)27-25(30)31-22-11-6-4-5-9-20-18(3)28-29-24(23(20)22)21-10-7-8-12-26-21/h7-8,10,12-15,20,22-23H,4-6,9,11H2,1-3H3,(H,27,30). The Morgan fingerprint density at radius 2 is 1.77 bits per heavy atom. The van der Waals surface area contributed by atoms with Gasteiger partial charge >= 0.3 is 6.09 Å². The molecule has 31 heavy (non-hydrogen) atoms. The van der Waals surface area contributed by atoms with Gasteiger partial charge in [-0.05, 0) is 75.4 Å². The number of pyridine rings is 1. The van der Waals surface area contributed by atoms with Gasteiger partial charge in [-0.15, -0.1) is 0 Å². The number of nitrogens with one attached hydrogen (secondary N) is 1. The maximum absolute atomic E-state index is 12.9. The van der Waals surface area contributed by atoms with Crippen molar-refractivity contribution in [2.75, 3.05) is 5.32 Å². The van der Waals surface area contributed by atoms with E-state index in [4.69, 9.17) is 4.74 Å². The van der Waals surface area contributed by atoms with Crippen LogP contribution in [0.15, 0.2) is 52.8 Å². The van der Waals surface area contributed by atoms with E-state index in [0.717, 1.165) is 66.0 Å². The van der Waals surface area contributed by atoms with Gasteiger partial charge in [0, 0.05) is 23.5 Å². The van der Waals surface area contributed by atoms with Crippen LogP contribution in [0, 0.1) is 25.7 Å². The fraction of sp³-hybridized carbons (Fsp3) is 0.440. The number of benzene rings is 1. The number of rotatable bonds is 3. The third-order valence-corrected chi connectivity index (χ3v) is 6.16. The van der Waals surface area contributed by atoms with Gasteiger partial charge in [-0.2, -0.15) is 10.2 Å². The van der Waals surface area contributed by atoms with E-state index < -0.39 is 6.09 Å². The normalized spacial score (nSPS) is 23.5. The lowest BCUT2D eigenvalue weighted by Crippen LogP contribution is -2.44. The molecule has 1 saturated carbocycles. The van der Waals surface area contributed by atoms with E-state index in [0.29, 0.717) is 0 Å². The summed E-state index contributed by atoms with van der Waals surface area (Å²) < 4.78 is 6.07. The van der Waals surface area contributed by atoms with Crippen molar-refractivity contribution in [2.24, 2.45) is 22.0 Å². The SMILES string of the molecule is CC1=NN=C(c2ccccn2)C2C(OC(=O)Nc3cc(C)cc(C)c3)CCCCCC12. The minimum Gasteiger partial charge on any atom is -0.445 e. The van der Waals surface area contributed by atoms with Crippen molar-refractivity contribution in [3.8, 4) is 0 Å². The second kappa shape index (κ2) is 9.41. The molecule has 2 aliphatic rings. The molecule has 3 unspecified atom stereocenters. The molecule has 0 spiro atoms. The number of carbonyl (C=O) groups is 1. The molecule has 1 fully saturated rings. The van der Waals surface area contributed by atoms with Crippen LogP contribution in [0.2, 0.25) is 0 Å². The van der Waals surface area contributed by atoms with Crippen molar-refractivity contribution in [3.63, 3.8) is 0 Å². The Morgan fingerprint density at radius 3 is 2.52 bits per heavy atom. The first-order chi connectivity index (χ1) is 15.0. The molecular formula is C25H30N4O2. The number of fused-ring (bicyclic) bond motifs is 1. The van der Waals surface area contributed by atoms with Crippen LogP contribution >= 0.6 is 0 Å². The van der Waals surface area contributed by atoms with Gasteiger partial charge in [-0.25, -0.2) is 4.79 Å². The quantitative estimate of drug-likeness (QED) is 0.695. The highest BCUT2D eigenvalue weighted by Gasteiger charge is 2.41. The van der Waals surface area contributed by atoms with E-state index >= 15 is 0 Å². The Balaban J connectivity index is 1.60. The third kappa shape index (κ3) is 5.01. The summed E-state index contributed by atoms with van der Waals surface area (Å²) in [7, 11) is 0. The van der Waals surface area contributed by atoms with Gasteiger partial charge < -0.3 is 4.74 Å². The summed E-state index contributed by atoms with van der Waals surface area (Å²) in [6.45, 7) is 6.07. The fourth-order valence-corrected chi connectivity index (χ4v) is 4.81. The highest BCUT2D eigenvalue weighted by molar-refractivity contribution is 6.06. The first-order valence-electron chi connectivity index (χ1n) is 11.1. The van der Waals surface area contributed by atoms with Gasteiger partial charge in [0.25, 0.3) is 0 Å². The number of carbonyl (C=O) groups excluding carboxylic acids is 1. The molecule has 0 bridgehead atoms. The van der Waals surface area contributed by atoms with Crippen molar-refractivity contribution in [3.05, 3.63) is 59.4 Å². The van der Waals surface area contributed by atoms with Crippen molar-refractivity contribution < 1.29 is 9.53 Å². The topological polar surface area (TPSA) is 75.9 Å². The Labute approximate surface area is 183 Å². The van der Waals surface area contributed by atoms with Crippen LogP contribution in [-0.2, 0) is 4.74 Å². The van der Waals surface area contributed by atoms with Crippen LogP contribution in [-0.4, -0.2) is 28.6 Å². The van der Waals surface area contributed by atoms with E-state index in [1.54, 1.807) is 6.20 Å². The van der Waals surface area contributed by atoms with Crippen LogP contribution in [0.1, 0.15) is 55.8 Å². The average molecular weight is 419 g/mol. The molecule has 1 aliphatic heterocycles. The van der Waals surface area contributed by atoms with E-state index in [9.17, 15) is 4.79 Å². The van der Waals surface area contributed by atoms with E-state index in [2.05, 4.69) is 26.6 Å². The number of hydrogen-bond donors (Lipinski definition) is 1. The number of aromatic nitrogens is 1. The molecule has 162 valence electrons. The second-order valence-corrected chi connectivity index (χ2v) is 8.66. The fourth-order valence-electron chi connectivity index (χ4n) is 4.81. The van der Waals surface area contributed by atoms with Gasteiger partial charge in [-0.1, -0.05) is 25.0 Å². The largest absolute Gasteiger partial charge is 0.445 e. The summed E-state index contributed by atoms with van der Waals surface area (Å²) in [5.41, 5.74) is 5.59. The van der Waals surface area contributed by atoms with E-state index in [-0.39, 0.29) is 17.9 Å². The Kier molecular flexibility index (Phi) is 6.44. The molecule has 1 amide bonds. The maximum Gasteiger partial charge on any atom is 0.411 e. The minimum absolute atomic E-state index is 0.0438. The molecule has 1 aromatic heterocycles. The summed E-state index contributed by atoms with van der Waals surface area (Å²) in [4.78, 5) is 17.4. The smallest absolute Gasteiger partial charge is 0.411 e. The van der Waals surface area contributed by atoms with Gasteiger partial charge in [0.2, 0.25) is 0 Å². The first kappa shape index (κ1) is 21.2. The molecule has 1 aliphatic carbocycles. The van der Waals surface area contributed by atoms with Gasteiger partial charge in [0.15, 0.2) is 0 Å². The van der Waals surface area contributed by atoms with Crippen molar-refractivity contribution in [1.29, 1.82) is 0 Å². The van der Waals surface area contributed by atoms with Crippen LogP contribution in [0.3, 0.4) is 0 Å². The van der Waals surface area contributed by atoms with Gasteiger partial charge in [0.05, 0.1) is 17.3 Å². The number of amides is 1. The Morgan fingerprint density at radius 1 is 1.00 bits per heavy atom. The number of nitrogens with zero attached hydrogens (tertiary/aromatic N) is 3. The van der Waals surface area contributed by atoms with E-state index in [1.165, 1.54) is 0 Å². The molecule has 4 rings (SSSR count). The summed E-state index contributed by atoms with van der Waals surface area (Å²) in [5.74, 6) is 0.159. The lowest BCUT2D eigenvalue weighted by Gasteiger charge is -2.37. The molecule has 2 aromatic rings. The van der Waals surface area contributed by atoms with Crippen LogP contribution in [0.25, 0.3) is 0 Å². The number of anilines is 1. The average Bonchev–Trinajstić information content (AvgIpc) is 2.71. The van der Waals surface area contributed by atoms with E-state index in [1.807, 2.05) is 51.1 Å². The zero-order chi connectivity index (χ0) is 21.8. The molecule has 1 aromatic carbocycles. The first-order valence-corrected chi connectivity index (χ1v) is 11.1. The minimum atomic E-state index is -0.421. The highest BCUT2D eigenvalue weighted by Crippen LogP contribution is 2.36. The molecule has 0 saturated heterocycles. The zero-order valence-electron chi connectivity index (χ0n) is 18.5. The highest BCUT2D eigenvalue weighted by atomic mass is 16.6. The zero-order valence-corrected chi connectivity index (χ0v) is 18.5. The summed E-state index contributed by atoms with van der Waals surface area (Å²) >= 11 is 0. The lowest BCUT2D eigenvalue weighted by atomic mass is 9.73. The van der Waals surface area contributed by atoms with Gasteiger partial charge in [0.1, 0.15) is 6.10 Å². The van der Waals surface area contributed by atoms with Crippen LogP contribution in [0.5, 0.6) is 0 Å². The van der Waals surface area contributed by atoms with Crippen LogP contribution < -0.4 is 5.32 Å². The van der Waals surface area contributed by atoms with Crippen molar-refractivity contribution in [2.45, 2.75) is 59.0 Å². The third-order valence-electron chi connectivity index (χ3n) is 6.16. The van der Waals surface area contributed by atoms with Crippen molar-refractivity contribution in [1.82, 2.24) is 4.98 Å². The number of hydrogen-bond acceptors (Lipinski definition) is 5. The van der Waals surface area contributed by atoms with Crippen molar-refractivity contribution >= 4 is 23.2 Å². The molecule has 6 nitrogen and oxygen atoms in total. The summed E-state index contributed by atoms with van der Waals surface area (Å²) in [6.07, 6.45) is 6.19. The molecule has 0 radical (unpaired) electrons. The van der Waals surface area contributed by atoms with Crippen LogP contribution in [0.4, 0.5) is 10.5 Å². The Hall–Kier alpha value is -3.02. The summed E-state index contributed by atoms with van der Waals surface area (Å²) in [5, 5.41) is 11.9.